The Bertz CT molecular complexity index is 609. The SMILES string of the molecule is O=C1C=CC(=O)N1c1ccc(-c2cnco2)cc1. The van der Waals surface area contributed by atoms with Crippen molar-refractivity contribution in [2.75, 3.05) is 4.90 Å². The fourth-order valence-electron chi connectivity index (χ4n) is 1.79. The third kappa shape index (κ3) is 1.62. The van der Waals surface area contributed by atoms with Gasteiger partial charge in [-0.25, -0.2) is 9.88 Å². The number of rotatable bonds is 2. The highest BCUT2D eigenvalue weighted by atomic mass is 16.3. The summed E-state index contributed by atoms with van der Waals surface area (Å²) in [6.07, 6.45) is 5.46. The van der Waals surface area contributed by atoms with E-state index in [1.165, 1.54) is 18.5 Å². The molecule has 0 saturated carbocycles. The second-order valence-electron chi connectivity index (χ2n) is 3.76. The van der Waals surface area contributed by atoms with Crippen molar-refractivity contribution in [3.63, 3.8) is 0 Å². The van der Waals surface area contributed by atoms with Gasteiger partial charge in [-0.05, 0) is 24.3 Å². The van der Waals surface area contributed by atoms with Gasteiger partial charge in [0.2, 0.25) is 0 Å². The number of hydrogen-bond donors (Lipinski definition) is 0. The Morgan fingerprint density at radius 3 is 2.22 bits per heavy atom. The summed E-state index contributed by atoms with van der Waals surface area (Å²) in [6, 6.07) is 6.94. The Labute approximate surface area is 102 Å². The molecular weight excluding hydrogens is 232 g/mol. The summed E-state index contributed by atoms with van der Waals surface area (Å²) in [6.45, 7) is 0. The molecule has 3 rings (SSSR count). The molecule has 0 spiro atoms. The lowest BCUT2D eigenvalue weighted by molar-refractivity contribution is -0.119. The first kappa shape index (κ1) is 10.5. The van der Waals surface area contributed by atoms with Crippen molar-refractivity contribution in [1.82, 2.24) is 4.98 Å². The predicted octanol–water partition coefficient (Wildman–Crippen LogP) is 1.77. The molecule has 0 N–H and O–H groups in total. The van der Waals surface area contributed by atoms with Gasteiger partial charge < -0.3 is 4.42 Å². The summed E-state index contributed by atoms with van der Waals surface area (Å²) in [5.74, 6) is -0.0152. The van der Waals surface area contributed by atoms with E-state index in [1.807, 2.05) is 0 Å². The lowest BCUT2D eigenvalue weighted by Crippen LogP contribution is -2.29. The van der Waals surface area contributed by atoms with Crippen molar-refractivity contribution in [2.45, 2.75) is 0 Å². The molecule has 1 aliphatic heterocycles. The van der Waals surface area contributed by atoms with Crippen LogP contribution in [0.4, 0.5) is 5.69 Å². The fourth-order valence-corrected chi connectivity index (χ4v) is 1.79. The van der Waals surface area contributed by atoms with Crippen LogP contribution in [0.3, 0.4) is 0 Å². The molecule has 0 bridgehead atoms. The summed E-state index contributed by atoms with van der Waals surface area (Å²) in [7, 11) is 0. The smallest absolute Gasteiger partial charge is 0.258 e. The number of oxazole rings is 1. The maximum Gasteiger partial charge on any atom is 0.258 e. The van der Waals surface area contributed by atoms with Crippen LogP contribution in [0.1, 0.15) is 0 Å². The second-order valence-corrected chi connectivity index (χ2v) is 3.76. The van der Waals surface area contributed by atoms with Crippen LogP contribution in [0.25, 0.3) is 11.3 Å². The van der Waals surface area contributed by atoms with Crippen LogP contribution in [0.5, 0.6) is 0 Å². The van der Waals surface area contributed by atoms with Gasteiger partial charge in [0.1, 0.15) is 0 Å². The number of aromatic nitrogens is 1. The normalized spacial score (nSPS) is 14.6. The summed E-state index contributed by atoms with van der Waals surface area (Å²) < 4.78 is 5.16. The van der Waals surface area contributed by atoms with Gasteiger partial charge in [-0.15, -0.1) is 0 Å². The third-order valence-electron chi connectivity index (χ3n) is 2.65. The molecule has 5 nitrogen and oxygen atoms in total. The zero-order valence-electron chi connectivity index (χ0n) is 9.24. The molecule has 0 atom stereocenters. The minimum absolute atomic E-state index is 0.326. The Hall–Kier alpha value is -2.69. The van der Waals surface area contributed by atoms with Crippen LogP contribution in [-0.2, 0) is 9.59 Å². The number of anilines is 1. The molecule has 1 aromatic heterocycles. The third-order valence-corrected chi connectivity index (χ3v) is 2.65. The largest absolute Gasteiger partial charge is 0.444 e. The first-order valence-electron chi connectivity index (χ1n) is 5.31. The molecular formula is C13H8N2O3. The van der Waals surface area contributed by atoms with Gasteiger partial charge in [-0.3, -0.25) is 9.59 Å². The second kappa shape index (κ2) is 3.96. The molecule has 0 aliphatic carbocycles. The van der Waals surface area contributed by atoms with Crippen LogP contribution in [0.15, 0.2) is 53.4 Å². The molecule has 1 aliphatic rings. The number of carbonyl (C=O) groups excluding carboxylic acids is 2. The van der Waals surface area contributed by atoms with Crippen LogP contribution >= 0.6 is 0 Å². The van der Waals surface area contributed by atoms with Crippen LogP contribution < -0.4 is 4.90 Å². The molecule has 0 radical (unpaired) electrons. The summed E-state index contributed by atoms with van der Waals surface area (Å²) in [5.41, 5.74) is 1.38. The van der Waals surface area contributed by atoms with Crippen molar-refractivity contribution in [1.29, 1.82) is 0 Å². The van der Waals surface area contributed by atoms with Crippen LogP contribution in [-0.4, -0.2) is 16.8 Å². The summed E-state index contributed by atoms with van der Waals surface area (Å²) in [4.78, 5) is 27.9. The van der Waals surface area contributed by atoms with E-state index in [0.717, 1.165) is 10.5 Å². The molecule has 2 amide bonds. The highest BCUT2D eigenvalue weighted by Crippen LogP contribution is 2.24. The average molecular weight is 240 g/mol. The van der Waals surface area contributed by atoms with E-state index in [4.69, 9.17) is 4.42 Å². The Morgan fingerprint density at radius 2 is 1.67 bits per heavy atom. The minimum Gasteiger partial charge on any atom is -0.444 e. The summed E-state index contributed by atoms with van der Waals surface area (Å²) >= 11 is 0. The van der Waals surface area contributed by atoms with Gasteiger partial charge in [-0.2, -0.15) is 0 Å². The van der Waals surface area contributed by atoms with E-state index in [2.05, 4.69) is 4.98 Å². The number of hydrogen-bond acceptors (Lipinski definition) is 4. The van der Waals surface area contributed by atoms with E-state index in [-0.39, 0.29) is 11.8 Å². The van der Waals surface area contributed by atoms with E-state index in [0.29, 0.717) is 11.4 Å². The first-order valence-corrected chi connectivity index (χ1v) is 5.31. The maximum absolute atomic E-state index is 11.5. The van der Waals surface area contributed by atoms with Gasteiger partial charge >= 0.3 is 0 Å². The molecule has 1 aromatic carbocycles. The fraction of sp³-hybridized carbons (Fsp3) is 0. The maximum atomic E-state index is 11.5. The monoisotopic (exact) mass is 240 g/mol. The van der Waals surface area contributed by atoms with E-state index < -0.39 is 0 Å². The molecule has 2 aromatic rings. The van der Waals surface area contributed by atoms with Gasteiger partial charge in [0.05, 0.1) is 11.9 Å². The topological polar surface area (TPSA) is 63.4 Å². The molecule has 0 unspecified atom stereocenters. The molecule has 5 heteroatoms. The Balaban J connectivity index is 1.92. The lowest BCUT2D eigenvalue weighted by atomic mass is 10.1. The number of nitrogens with zero attached hydrogens (tertiary/aromatic N) is 2. The standard InChI is InChI=1S/C13H8N2O3/c16-12-5-6-13(17)15(12)10-3-1-9(2-4-10)11-7-14-8-18-11/h1-8H. The van der Waals surface area contributed by atoms with Crippen molar-refractivity contribution in [3.05, 3.63) is 49.0 Å². The van der Waals surface area contributed by atoms with E-state index in [9.17, 15) is 9.59 Å². The van der Waals surface area contributed by atoms with Gasteiger partial charge in [-0.1, -0.05) is 0 Å². The number of carbonyl (C=O) groups is 2. The van der Waals surface area contributed by atoms with Crippen LogP contribution in [0, 0.1) is 0 Å². The molecule has 2 heterocycles. The van der Waals surface area contributed by atoms with Crippen molar-refractivity contribution in [2.24, 2.45) is 0 Å². The molecule has 88 valence electrons. The lowest BCUT2D eigenvalue weighted by Gasteiger charge is -2.13. The first-order chi connectivity index (χ1) is 8.75. The van der Waals surface area contributed by atoms with Gasteiger partial charge in [0.15, 0.2) is 12.2 Å². The molecule has 18 heavy (non-hydrogen) atoms. The quantitative estimate of drug-likeness (QED) is 0.750. The highest BCUT2D eigenvalue weighted by molar-refractivity contribution is 6.28. The van der Waals surface area contributed by atoms with Crippen molar-refractivity contribution < 1.29 is 14.0 Å². The van der Waals surface area contributed by atoms with Crippen molar-refractivity contribution >= 4 is 17.5 Å². The Kier molecular flexibility index (Phi) is 2.30. The zero-order chi connectivity index (χ0) is 12.5. The van der Waals surface area contributed by atoms with Gasteiger partial charge in [0, 0.05) is 17.7 Å². The predicted molar refractivity (Wildman–Crippen MR) is 63.6 cm³/mol. The Morgan fingerprint density at radius 1 is 1.00 bits per heavy atom. The van der Waals surface area contributed by atoms with E-state index in [1.54, 1.807) is 30.5 Å². The van der Waals surface area contributed by atoms with Crippen molar-refractivity contribution in [3.8, 4) is 11.3 Å². The van der Waals surface area contributed by atoms with Crippen LogP contribution in [0.2, 0.25) is 0 Å². The number of amides is 2. The summed E-state index contributed by atoms with van der Waals surface area (Å²) in [5, 5.41) is 0. The molecule has 0 fully saturated rings. The molecule has 0 saturated heterocycles. The highest BCUT2D eigenvalue weighted by Gasteiger charge is 2.24. The minimum atomic E-state index is -0.326. The average Bonchev–Trinajstić information content (AvgIpc) is 3.01. The van der Waals surface area contributed by atoms with Gasteiger partial charge in [0.25, 0.3) is 11.8 Å². The number of benzene rings is 1. The zero-order valence-corrected chi connectivity index (χ0v) is 9.24. The van der Waals surface area contributed by atoms with E-state index >= 15 is 0 Å². The number of imide groups is 1.